The van der Waals surface area contributed by atoms with Gasteiger partial charge in [-0.2, -0.15) is 0 Å². The van der Waals surface area contributed by atoms with E-state index in [0.717, 1.165) is 0 Å². The quantitative estimate of drug-likeness (QED) is 0.201. The largest absolute Gasteiger partial charge is 0.469 e. The second kappa shape index (κ2) is 12.5. The number of carboxylic acid groups (broad SMARTS) is 1. The van der Waals surface area contributed by atoms with Crippen LogP contribution in [0.1, 0.15) is 13.3 Å². The van der Waals surface area contributed by atoms with E-state index in [1.54, 1.807) is 13.0 Å². The molecule has 0 aliphatic heterocycles. The van der Waals surface area contributed by atoms with Crippen molar-refractivity contribution >= 4 is 45.8 Å². The molecular formula is C19H43NO7Si4. The number of carbonyl (C=O) groups is 2. The standard InChI is InChI=1S/C19H43NO7Si4/c1-11-13-18(21)24-16-15-20(19(22)23)14-12-17-31(25-28(2,3)4,26-29(5,6)7)27-30(8,9)10/h11,13H,12,14-17H2,1-10H3,(H,22,23). The topological polar surface area (TPSA) is 94.5 Å². The van der Waals surface area contributed by atoms with Gasteiger partial charge in [0.25, 0.3) is 0 Å². The predicted molar refractivity (Wildman–Crippen MR) is 134 cm³/mol. The van der Waals surface area contributed by atoms with Gasteiger partial charge >= 0.3 is 20.9 Å². The van der Waals surface area contributed by atoms with E-state index in [1.165, 1.54) is 11.0 Å². The van der Waals surface area contributed by atoms with Crippen molar-refractivity contribution in [2.45, 2.75) is 78.3 Å². The third-order valence-electron chi connectivity index (χ3n) is 3.47. The molecule has 12 heteroatoms. The van der Waals surface area contributed by atoms with Crippen LogP contribution in [-0.4, -0.2) is 75.5 Å². The van der Waals surface area contributed by atoms with E-state index in [1.807, 2.05) is 0 Å². The normalized spacial score (nSPS) is 13.5. The smallest absolute Gasteiger partial charge is 0.465 e. The zero-order chi connectivity index (χ0) is 24.5. The fourth-order valence-electron chi connectivity index (χ4n) is 2.85. The Labute approximate surface area is 192 Å². The molecule has 0 saturated heterocycles. The lowest BCUT2D eigenvalue weighted by molar-refractivity contribution is -0.138. The number of carbonyl (C=O) groups excluding carboxylic acids is 1. The molecule has 0 unspecified atom stereocenters. The first-order valence-electron chi connectivity index (χ1n) is 10.8. The second-order valence-electron chi connectivity index (χ2n) is 10.4. The minimum Gasteiger partial charge on any atom is -0.465 e. The van der Waals surface area contributed by atoms with Crippen LogP contribution in [0.5, 0.6) is 0 Å². The number of amides is 1. The van der Waals surface area contributed by atoms with Crippen molar-refractivity contribution in [1.82, 2.24) is 4.90 Å². The summed E-state index contributed by atoms with van der Waals surface area (Å²) in [5.74, 6) is -0.477. The number of allylic oxidation sites excluding steroid dienone is 1. The summed E-state index contributed by atoms with van der Waals surface area (Å²) < 4.78 is 24.9. The van der Waals surface area contributed by atoms with Crippen LogP contribution in [0.15, 0.2) is 12.2 Å². The first-order chi connectivity index (χ1) is 13.9. The molecule has 0 radical (unpaired) electrons. The van der Waals surface area contributed by atoms with Crippen LogP contribution in [-0.2, 0) is 21.9 Å². The highest BCUT2D eigenvalue weighted by Gasteiger charge is 2.49. The molecule has 0 fully saturated rings. The molecule has 0 aliphatic rings. The Kier molecular flexibility index (Phi) is 12.2. The lowest BCUT2D eigenvalue weighted by atomic mass is 10.4. The van der Waals surface area contributed by atoms with Crippen LogP contribution in [0.3, 0.4) is 0 Å². The second-order valence-corrected chi connectivity index (χ2v) is 27.4. The van der Waals surface area contributed by atoms with E-state index in [4.69, 9.17) is 17.1 Å². The Morgan fingerprint density at radius 1 is 0.839 bits per heavy atom. The van der Waals surface area contributed by atoms with E-state index in [2.05, 4.69) is 58.9 Å². The van der Waals surface area contributed by atoms with Crippen molar-refractivity contribution in [2.24, 2.45) is 0 Å². The SMILES string of the molecule is CC=CC(=O)OCCN(CCC[Si](O[Si](C)(C)C)(O[Si](C)(C)C)O[Si](C)(C)C)C(=O)O. The molecule has 0 saturated carbocycles. The number of hydrogen-bond donors (Lipinski definition) is 1. The van der Waals surface area contributed by atoms with Crippen LogP contribution >= 0.6 is 0 Å². The van der Waals surface area contributed by atoms with Gasteiger partial charge in [-0.3, -0.25) is 0 Å². The molecule has 0 aliphatic carbocycles. The number of esters is 1. The molecule has 182 valence electrons. The maximum atomic E-state index is 11.7. The highest BCUT2D eigenvalue weighted by molar-refractivity contribution is 6.90. The molecule has 0 aromatic rings. The Bertz CT molecular complexity index is 569. The van der Waals surface area contributed by atoms with Gasteiger partial charge in [-0.05, 0) is 72.3 Å². The number of nitrogens with zero attached hydrogens (tertiary/aromatic N) is 1. The zero-order valence-electron chi connectivity index (χ0n) is 21.0. The van der Waals surface area contributed by atoms with Gasteiger partial charge in [0.1, 0.15) is 6.61 Å². The number of rotatable bonds is 14. The Balaban J connectivity index is 5.34. The van der Waals surface area contributed by atoms with Crippen molar-refractivity contribution in [3.05, 3.63) is 12.2 Å². The fraction of sp³-hybridized carbons (Fsp3) is 0.789. The van der Waals surface area contributed by atoms with E-state index < -0.39 is 45.8 Å². The van der Waals surface area contributed by atoms with Gasteiger partial charge < -0.3 is 27.1 Å². The van der Waals surface area contributed by atoms with E-state index in [9.17, 15) is 14.7 Å². The lowest BCUT2D eigenvalue weighted by Crippen LogP contribution is -2.60. The molecular weight excluding hydrogens is 467 g/mol. The van der Waals surface area contributed by atoms with Crippen molar-refractivity contribution in [3.8, 4) is 0 Å². The first kappa shape index (κ1) is 30.2. The monoisotopic (exact) mass is 509 g/mol. The molecule has 1 amide bonds. The van der Waals surface area contributed by atoms with Crippen molar-refractivity contribution in [3.63, 3.8) is 0 Å². The van der Waals surface area contributed by atoms with Crippen LogP contribution in [0.25, 0.3) is 0 Å². The van der Waals surface area contributed by atoms with Gasteiger partial charge in [0.05, 0.1) is 6.54 Å². The summed E-state index contributed by atoms with van der Waals surface area (Å²) >= 11 is 0. The minimum atomic E-state index is -2.99. The third-order valence-corrected chi connectivity index (χ3v) is 15.5. The van der Waals surface area contributed by atoms with Gasteiger partial charge in [-0.15, -0.1) is 0 Å². The van der Waals surface area contributed by atoms with Crippen molar-refractivity contribution < 1.29 is 31.8 Å². The molecule has 0 aromatic carbocycles. The van der Waals surface area contributed by atoms with Gasteiger partial charge in [-0.1, -0.05) is 6.08 Å². The molecule has 0 atom stereocenters. The molecule has 31 heavy (non-hydrogen) atoms. The maximum absolute atomic E-state index is 11.7. The maximum Gasteiger partial charge on any atom is 0.469 e. The molecule has 0 heterocycles. The summed E-state index contributed by atoms with van der Waals surface area (Å²) in [7, 11) is -8.90. The van der Waals surface area contributed by atoms with Gasteiger partial charge in [0, 0.05) is 18.7 Å². The fourth-order valence-corrected chi connectivity index (χ4v) is 17.5. The summed E-state index contributed by atoms with van der Waals surface area (Å²) in [6.07, 6.45) is 2.40. The summed E-state index contributed by atoms with van der Waals surface area (Å²) in [5, 5.41) is 9.54. The van der Waals surface area contributed by atoms with Gasteiger partial charge in [-0.25, -0.2) is 9.59 Å². The molecule has 0 aromatic heterocycles. The lowest BCUT2D eigenvalue weighted by Gasteiger charge is -2.43. The zero-order valence-corrected chi connectivity index (χ0v) is 25.0. The Morgan fingerprint density at radius 2 is 1.29 bits per heavy atom. The third kappa shape index (κ3) is 15.6. The van der Waals surface area contributed by atoms with Gasteiger partial charge in [0.2, 0.25) is 0 Å². The Hall–Kier alpha value is -0.772. The Morgan fingerprint density at radius 3 is 1.65 bits per heavy atom. The summed E-state index contributed by atoms with van der Waals surface area (Å²) in [6, 6.07) is 0.563. The van der Waals surface area contributed by atoms with Crippen LogP contribution < -0.4 is 0 Å². The van der Waals surface area contributed by atoms with Crippen LogP contribution in [0, 0.1) is 0 Å². The highest BCUT2D eigenvalue weighted by atomic mass is 28.5. The minimum absolute atomic E-state index is 0.0141. The molecule has 0 spiro atoms. The van der Waals surface area contributed by atoms with Crippen LogP contribution in [0.4, 0.5) is 4.79 Å². The first-order valence-corrected chi connectivity index (χ1v) is 22.9. The van der Waals surface area contributed by atoms with E-state index >= 15 is 0 Å². The molecule has 1 N–H and O–H groups in total. The van der Waals surface area contributed by atoms with Gasteiger partial charge in [0.15, 0.2) is 25.0 Å². The van der Waals surface area contributed by atoms with E-state index in [0.29, 0.717) is 19.0 Å². The molecule has 0 rings (SSSR count). The molecule has 0 bridgehead atoms. The van der Waals surface area contributed by atoms with Crippen LogP contribution in [0.2, 0.25) is 65.0 Å². The predicted octanol–water partition coefficient (Wildman–Crippen LogP) is 4.97. The average Bonchev–Trinajstić information content (AvgIpc) is 2.48. The summed E-state index contributed by atoms with van der Waals surface area (Å²) in [6.45, 7) is 21.3. The van der Waals surface area contributed by atoms with Crippen molar-refractivity contribution in [1.29, 1.82) is 0 Å². The number of hydrogen-bond acceptors (Lipinski definition) is 6. The average molecular weight is 510 g/mol. The van der Waals surface area contributed by atoms with E-state index in [-0.39, 0.29) is 13.2 Å². The van der Waals surface area contributed by atoms with Crippen molar-refractivity contribution in [2.75, 3.05) is 19.7 Å². The molecule has 8 nitrogen and oxygen atoms in total. The number of ether oxygens (including phenoxy) is 1. The summed E-state index contributed by atoms with van der Waals surface area (Å²) in [5.41, 5.74) is 0. The highest BCUT2D eigenvalue weighted by Crippen LogP contribution is 2.30. The summed E-state index contributed by atoms with van der Waals surface area (Å²) in [4.78, 5) is 24.3.